The minimum atomic E-state index is -1.52. The molecular weight excluding hydrogens is 1520 g/mol. The highest BCUT2D eigenvalue weighted by atomic mass is 32.2. The summed E-state index contributed by atoms with van der Waals surface area (Å²) in [5.74, 6) is -13.7. The van der Waals surface area contributed by atoms with Crippen LogP contribution in [-0.4, -0.2) is 266 Å². The first-order valence-corrected chi connectivity index (χ1v) is 40.0. The Morgan fingerprint density at radius 3 is 1.43 bits per heavy atom. The largest absolute Gasteiger partial charge is 0.480 e. The summed E-state index contributed by atoms with van der Waals surface area (Å²) < 4.78 is 0. The number of nitrogens with zero attached hydrogens (tertiary/aromatic N) is 2. The van der Waals surface area contributed by atoms with Crippen molar-refractivity contribution in [2.24, 2.45) is 28.9 Å². The first-order chi connectivity index (χ1) is 54.4. The standard InChI is InChI=1S/C74H115N21O19S/c1-35(81-62(101)37(3)83-64(103)39(5)85-66(105)41(7)87-72(111)56-25-24-47-34-115-48-29-57(73(112)95(47)56)94(33-48)58(97)30-54(74(113)114)88-43(9)96)60(99)80-36(2)61(100)82-38(4)63(102)84-40(6)65(104)86-42(8)67(106)93-55(31-77)71(110)89-46-22-20-44(21-23-46)68(107)90-51(18-12-14-26-75)69(108)91-52(19-13-15-27-76)70(109)92-53(59(78)98)28-45-32-79-50-17-11-10-16-49(45)50/h10-11,16-17,32,35-42,44,46-48,51-57,79H,12-15,18-31,33-34,75-77H2,1-9H3,(H2,78,98)(H,80,99)(H,81,101)(H,82,100)(H,83,103)(H,84,102)(H,85,105)(H,86,104)(H,87,111)(H,88,96)(H,89,110)(H,90,107)(H,91,108)(H,92,109)(H,93,106)(H,113,114)/t35-,36-,37-,38-,39-,40-,41-,42-,44?,46?,47-,48-,51-,52-,53-,54-,55-,56-,57-/m0/s1. The summed E-state index contributed by atoms with van der Waals surface area (Å²) in [6.07, 6.45) is 5.90. The van der Waals surface area contributed by atoms with Crippen molar-refractivity contribution in [3.63, 3.8) is 0 Å². The van der Waals surface area contributed by atoms with Crippen LogP contribution < -0.4 is 97.4 Å². The molecule has 1 saturated carbocycles. The van der Waals surface area contributed by atoms with Gasteiger partial charge < -0.3 is 117 Å². The predicted octanol–water partition coefficient (Wildman–Crippen LogP) is -5.88. The van der Waals surface area contributed by atoms with Crippen molar-refractivity contribution < 1.29 is 91.4 Å². The molecule has 41 heteroatoms. The number of H-pyrrole nitrogens is 1. The lowest BCUT2D eigenvalue weighted by Crippen LogP contribution is -2.59. The Balaban J connectivity index is 0.873. The van der Waals surface area contributed by atoms with E-state index in [9.17, 15) is 91.4 Å². The summed E-state index contributed by atoms with van der Waals surface area (Å²) >= 11 is 1.53. The van der Waals surface area contributed by atoms with Crippen molar-refractivity contribution in [3.05, 3.63) is 36.0 Å². The van der Waals surface area contributed by atoms with E-state index < -0.39 is 215 Å². The number of para-hydroxylation sites is 1. The van der Waals surface area contributed by atoms with Crippen molar-refractivity contribution in [1.82, 2.24) is 89.2 Å². The summed E-state index contributed by atoms with van der Waals surface area (Å²) in [7, 11) is 0. The molecule has 3 aliphatic heterocycles. The minimum absolute atomic E-state index is 0.0853. The van der Waals surface area contributed by atoms with Gasteiger partial charge in [0.1, 0.15) is 90.6 Å². The number of nitrogens with two attached hydrogens (primary N) is 4. The third-order valence-corrected chi connectivity index (χ3v) is 22.1. The smallest absolute Gasteiger partial charge is 0.326 e. The first-order valence-electron chi connectivity index (χ1n) is 39.0. The van der Waals surface area contributed by atoms with Crippen LogP contribution in [-0.2, 0) is 92.7 Å². The molecular formula is C74H115N21O19S. The molecule has 17 atom stereocenters. The molecule has 1 aliphatic carbocycles. The van der Waals surface area contributed by atoms with Crippen LogP contribution in [0.1, 0.15) is 158 Å². The van der Waals surface area contributed by atoms with Crippen molar-refractivity contribution >= 4 is 129 Å². The van der Waals surface area contributed by atoms with Gasteiger partial charge >= 0.3 is 5.97 Å². The zero-order valence-electron chi connectivity index (χ0n) is 66.4. The van der Waals surface area contributed by atoms with Crippen LogP contribution in [0.2, 0.25) is 0 Å². The van der Waals surface area contributed by atoms with Gasteiger partial charge in [-0.2, -0.15) is 11.8 Å². The number of unbranched alkanes of at least 4 members (excludes halogenated alkanes) is 2. The maximum absolute atomic E-state index is 14.2. The first kappa shape index (κ1) is 93.3. The van der Waals surface area contributed by atoms with Crippen molar-refractivity contribution in [2.45, 2.75) is 267 Å². The number of carboxylic acids is 1. The van der Waals surface area contributed by atoms with Crippen LogP contribution in [0, 0.1) is 5.92 Å². The molecule has 2 aromatic rings. The lowest BCUT2D eigenvalue weighted by molar-refractivity contribution is -0.150. The number of likely N-dealkylation sites (tertiary alicyclic amines) is 1. The number of carbonyl (C=O) groups is 18. The molecule has 2 bridgehead atoms. The Morgan fingerprint density at radius 2 is 0.965 bits per heavy atom. The summed E-state index contributed by atoms with van der Waals surface area (Å²) in [5.41, 5.74) is 24.8. The average Bonchev–Trinajstić information content (AvgIpc) is 1.62. The fourth-order valence-corrected chi connectivity index (χ4v) is 15.3. The molecule has 0 radical (unpaired) electrons. The quantitative estimate of drug-likeness (QED) is 0.0275. The number of hydrogen-bond acceptors (Lipinski definition) is 22. The Bertz CT molecular complexity index is 3880. The van der Waals surface area contributed by atoms with Crippen LogP contribution >= 0.6 is 11.8 Å². The number of aromatic amines is 1. The summed E-state index contributed by atoms with van der Waals surface area (Å²) in [5, 5.41) is 45.9. The lowest BCUT2D eigenvalue weighted by atomic mass is 9.85. The number of aliphatic carboxylic acids is 1. The summed E-state index contributed by atoms with van der Waals surface area (Å²) in [6, 6.07) is -11.6. The second-order valence-corrected chi connectivity index (χ2v) is 31.3. The van der Waals surface area contributed by atoms with Crippen LogP contribution in [0.4, 0.5) is 0 Å². The average molecular weight is 1630 g/mol. The SMILES string of the molecule is CC(=O)N[C@@H](CC(=O)N1C[C@@H]2C[C@H]1C(=O)N1[C@@H](CC[C@H]1C(=O)N[C@@H](C)C(=O)N[C@@H](C)C(=O)N[C@@H](C)C(=O)N[C@@H](C)C(=O)N[C@@H](C)C(=O)N[C@@H](C)C(=O)N[C@@H](C)C(=O)N[C@@H](C)C(=O)N[C@@H](CN)C(=O)NC1CCC(C(=O)N[C@@H](CCCCN)C(=O)N[C@@H](CCCCN)C(=O)N[C@@H](Cc3c[nH]c4ccccc34)C(N)=O)CC1)CS2)C(=O)O. The number of hydrogen-bond donors (Lipinski definition) is 20. The van der Waals surface area contributed by atoms with Gasteiger partial charge in [-0.25, -0.2) is 4.79 Å². The van der Waals surface area contributed by atoms with E-state index in [1.165, 1.54) is 77.0 Å². The second-order valence-electron chi connectivity index (χ2n) is 30.0. The Hall–Kier alpha value is -10.6. The molecule has 4 aliphatic rings. The number of primary amides is 1. The Kier molecular flexibility index (Phi) is 36.0. The van der Waals surface area contributed by atoms with Gasteiger partial charge in [0, 0.05) is 72.5 Å². The van der Waals surface area contributed by atoms with Gasteiger partial charge in [0.15, 0.2) is 0 Å². The number of amides is 17. The highest BCUT2D eigenvalue weighted by Crippen LogP contribution is 2.39. The number of aromatic nitrogens is 1. The van der Waals surface area contributed by atoms with Crippen LogP contribution in [0.3, 0.4) is 0 Å². The monoisotopic (exact) mass is 1630 g/mol. The fraction of sp³-hybridized carbons (Fsp3) is 0.649. The Morgan fingerprint density at radius 1 is 0.513 bits per heavy atom. The number of rotatable bonds is 42. The van der Waals surface area contributed by atoms with Crippen LogP contribution in [0.25, 0.3) is 10.9 Å². The highest BCUT2D eigenvalue weighted by Gasteiger charge is 2.51. The minimum Gasteiger partial charge on any atom is -0.480 e. The molecule has 17 amide bonds. The summed E-state index contributed by atoms with van der Waals surface area (Å²) in [6.45, 7) is 12.1. The van der Waals surface area contributed by atoms with E-state index in [0.29, 0.717) is 76.6 Å². The second kappa shape index (κ2) is 44.4. The molecule has 40 nitrogen and oxygen atoms in total. The molecule has 0 unspecified atom stereocenters. The number of carboxylic acid groups (broad SMARTS) is 1. The topological polar surface area (TPSA) is 622 Å². The third kappa shape index (κ3) is 27.3. The fourth-order valence-electron chi connectivity index (χ4n) is 13.9. The number of nitrogens with one attached hydrogen (secondary N) is 15. The van der Waals surface area contributed by atoms with Gasteiger partial charge in [0.2, 0.25) is 100 Å². The van der Waals surface area contributed by atoms with Crippen molar-refractivity contribution in [2.75, 3.05) is 31.9 Å². The number of thioether (sulfide) groups is 1. The molecule has 3 saturated heterocycles. The van der Waals surface area contributed by atoms with Gasteiger partial charge in [-0.1, -0.05) is 18.2 Å². The molecule has 6 rings (SSSR count). The Labute approximate surface area is 670 Å². The van der Waals surface area contributed by atoms with Crippen molar-refractivity contribution in [3.8, 4) is 0 Å². The molecule has 636 valence electrons. The normalized spacial score (nSPS) is 21.1. The number of fused-ring (bicyclic) bond motifs is 4. The maximum Gasteiger partial charge on any atom is 0.326 e. The summed E-state index contributed by atoms with van der Waals surface area (Å²) in [4.78, 5) is 245. The zero-order valence-corrected chi connectivity index (χ0v) is 67.2. The molecule has 1 aromatic heterocycles. The molecule has 0 spiro atoms. The van der Waals surface area contributed by atoms with Crippen LogP contribution in [0.15, 0.2) is 30.5 Å². The predicted molar refractivity (Wildman–Crippen MR) is 418 cm³/mol. The van der Waals surface area contributed by atoms with Gasteiger partial charge in [-0.15, -0.1) is 0 Å². The molecule has 1 aromatic carbocycles. The van der Waals surface area contributed by atoms with Gasteiger partial charge in [-0.3, -0.25) is 81.5 Å². The van der Waals surface area contributed by atoms with E-state index in [-0.39, 0.29) is 56.5 Å². The van der Waals surface area contributed by atoms with Crippen LogP contribution in [0.5, 0.6) is 0 Å². The molecule has 4 fully saturated rings. The molecule has 24 N–H and O–H groups in total. The number of carbonyl (C=O) groups excluding carboxylic acids is 17. The molecule has 115 heavy (non-hydrogen) atoms. The molecule has 4 heterocycles. The van der Waals surface area contributed by atoms with E-state index in [1.807, 2.05) is 24.3 Å². The van der Waals surface area contributed by atoms with E-state index in [1.54, 1.807) is 6.20 Å². The zero-order chi connectivity index (χ0) is 85.2. The van der Waals surface area contributed by atoms with Gasteiger partial charge in [0.05, 0.1) is 6.42 Å². The van der Waals surface area contributed by atoms with E-state index in [0.717, 1.165) is 23.4 Å². The highest BCUT2D eigenvalue weighted by molar-refractivity contribution is 8.00. The van der Waals surface area contributed by atoms with E-state index in [2.05, 4.69) is 79.4 Å². The third-order valence-electron chi connectivity index (χ3n) is 20.8. The van der Waals surface area contributed by atoms with E-state index in [4.69, 9.17) is 22.9 Å². The van der Waals surface area contributed by atoms with Gasteiger partial charge in [-0.05, 0) is 164 Å². The maximum atomic E-state index is 14.2. The van der Waals surface area contributed by atoms with Crippen molar-refractivity contribution in [1.29, 1.82) is 0 Å². The van der Waals surface area contributed by atoms with E-state index >= 15 is 0 Å². The number of benzene rings is 1. The van der Waals surface area contributed by atoms with Gasteiger partial charge in [0.25, 0.3) is 0 Å². The lowest BCUT2D eigenvalue weighted by Gasteiger charge is -2.35.